The van der Waals surface area contributed by atoms with Crippen LogP contribution in [0.2, 0.25) is 10.3 Å². The highest BCUT2D eigenvalue weighted by Gasteiger charge is 2.15. The Morgan fingerprint density at radius 1 is 1.30 bits per heavy atom. The van der Waals surface area contributed by atoms with E-state index in [2.05, 4.69) is 15.5 Å². The molecule has 0 radical (unpaired) electrons. The third kappa shape index (κ3) is 3.15. The van der Waals surface area contributed by atoms with E-state index >= 15 is 0 Å². The number of carbonyl (C=O) groups excluding carboxylic acids is 1. The second-order valence-corrected chi connectivity index (χ2v) is 4.42. The van der Waals surface area contributed by atoms with E-state index in [4.69, 9.17) is 27.9 Å². The maximum Gasteiger partial charge on any atom is 0.259 e. The van der Waals surface area contributed by atoms with Gasteiger partial charge in [0.1, 0.15) is 11.6 Å². The van der Waals surface area contributed by atoms with Crippen LogP contribution in [0.4, 0.5) is 10.1 Å². The molecule has 0 aliphatic carbocycles. The molecule has 1 amide bonds. The van der Waals surface area contributed by atoms with Crippen LogP contribution in [0.1, 0.15) is 10.4 Å². The monoisotopic (exact) mass is 315 g/mol. The molecule has 0 aliphatic heterocycles. The molecule has 104 valence electrons. The molecule has 0 atom stereocenters. The maximum absolute atomic E-state index is 13.6. The Balaban J connectivity index is 2.30. The first-order valence-corrected chi connectivity index (χ1v) is 6.10. The van der Waals surface area contributed by atoms with Gasteiger partial charge in [-0.15, -0.1) is 10.2 Å². The molecule has 0 fully saturated rings. The molecule has 1 aromatic heterocycles. The Morgan fingerprint density at radius 3 is 2.75 bits per heavy atom. The first-order valence-electron chi connectivity index (χ1n) is 5.35. The van der Waals surface area contributed by atoms with E-state index in [1.165, 1.54) is 31.4 Å². The molecule has 2 rings (SSSR count). The summed E-state index contributed by atoms with van der Waals surface area (Å²) in [6, 6.07) is 5.19. The lowest BCUT2D eigenvalue weighted by Crippen LogP contribution is -2.14. The van der Waals surface area contributed by atoms with Crippen LogP contribution in [0.5, 0.6) is 5.75 Å². The number of methoxy groups -OCH3 is 1. The topological polar surface area (TPSA) is 64.1 Å². The molecule has 5 nitrogen and oxygen atoms in total. The minimum absolute atomic E-state index is 0.00524. The van der Waals surface area contributed by atoms with Gasteiger partial charge in [0, 0.05) is 6.07 Å². The number of benzene rings is 1. The van der Waals surface area contributed by atoms with Crippen molar-refractivity contribution in [3.05, 3.63) is 46.0 Å². The fourth-order valence-corrected chi connectivity index (χ4v) is 1.75. The van der Waals surface area contributed by atoms with Gasteiger partial charge in [-0.3, -0.25) is 4.79 Å². The summed E-state index contributed by atoms with van der Waals surface area (Å²) in [7, 11) is 1.43. The van der Waals surface area contributed by atoms with Gasteiger partial charge >= 0.3 is 0 Å². The number of anilines is 1. The van der Waals surface area contributed by atoms with E-state index in [0.29, 0.717) is 5.75 Å². The van der Waals surface area contributed by atoms with Crippen molar-refractivity contribution >= 4 is 34.8 Å². The Kier molecular flexibility index (Phi) is 4.36. The zero-order valence-corrected chi connectivity index (χ0v) is 11.7. The largest absolute Gasteiger partial charge is 0.497 e. The molecule has 0 spiro atoms. The number of nitrogens with zero attached hydrogens (tertiary/aromatic N) is 2. The number of halogens is 3. The molecule has 0 saturated heterocycles. The molecule has 0 saturated carbocycles. The van der Waals surface area contributed by atoms with Gasteiger partial charge in [-0.05, 0) is 18.2 Å². The molecule has 8 heteroatoms. The summed E-state index contributed by atoms with van der Waals surface area (Å²) in [5.74, 6) is -0.860. The SMILES string of the molecule is COc1ccc(F)c(NC(=O)c2cc(Cl)nnc2Cl)c1. The second kappa shape index (κ2) is 6.02. The van der Waals surface area contributed by atoms with Crippen molar-refractivity contribution in [2.45, 2.75) is 0 Å². The van der Waals surface area contributed by atoms with E-state index in [1.54, 1.807) is 0 Å². The first-order chi connectivity index (χ1) is 9.51. The summed E-state index contributed by atoms with van der Waals surface area (Å²) >= 11 is 11.4. The van der Waals surface area contributed by atoms with Crippen molar-refractivity contribution in [2.75, 3.05) is 12.4 Å². The molecule has 1 heterocycles. The third-order valence-electron chi connectivity index (χ3n) is 2.39. The Morgan fingerprint density at radius 2 is 2.05 bits per heavy atom. The Hall–Kier alpha value is -1.92. The number of nitrogens with one attached hydrogen (secondary N) is 1. The quantitative estimate of drug-likeness (QED) is 0.944. The summed E-state index contributed by atoms with van der Waals surface area (Å²) in [5.41, 5.74) is -0.0489. The fraction of sp³-hybridized carbons (Fsp3) is 0.0833. The van der Waals surface area contributed by atoms with Crippen LogP contribution in [0.15, 0.2) is 24.3 Å². The van der Waals surface area contributed by atoms with Crippen molar-refractivity contribution < 1.29 is 13.9 Å². The third-order valence-corrected chi connectivity index (χ3v) is 2.85. The zero-order valence-electron chi connectivity index (χ0n) is 10.2. The van der Waals surface area contributed by atoms with E-state index < -0.39 is 11.7 Å². The highest BCUT2D eigenvalue weighted by molar-refractivity contribution is 6.34. The number of ether oxygens (including phenoxy) is 1. The second-order valence-electron chi connectivity index (χ2n) is 3.67. The predicted octanol–water partition coefficient (Wildman–Crippen LogP) is 3.18. The minimum Gasteiger partial charge on any atom is -0.497 e. The lowest BCUT2D eigenvalue weighted by molar-refractivity contribution is 0.102. The number of hydrogen-bond acceptors (Lipinski definition) is 4. The molecular formula is C12H8Cl2FN3O2. The van der Waals surface area contributed by atoms with Crippen LogP contribution in [0.25, 0.3) is 0 Å². The molecule has 0 bridgehead atoms. The number of aromatic nitrogens is 2. The molecule has 20 heavy (non-hydrogen) atoms. The summed E-state index contributed by atoms with van der Waals surface area (Å²) in [4.78, 5) is 12.0. The van der Waals surface area contributed by atoms with Crippen molar-refractivity contribution in [2.24, 2.45) is 0 Å². The van der Waals surface area contributed by atoms with E-state index in [-0.39, 0.29) is 21.6 Å². The molecule has 0 aliphatic rings. The summed E-state index contributed by atoms with van der Waals surface area (Å²) in [6.45, 7) is 0. The van der Waals surface area contributed by atoms with Crippen LogP contribution >= 0.6 is 23.2 Å². The lowest BCUT2D eigenvalue weighted by Gasteiger charge is -2.08. The molecule has 2 aromatic rings. The van der Waals surface area contributed by atoms with Gasteiger partial charge in [0.15, 0.2) is 10.3 Å². The Bertz CT molecular complexity index is 667. The van der Waals surface area contributed by atoms with E-state index in [0.717, 1.165) is 0 Å². The Labute approximate surface area is 123 Å². The lowest BCUT2D eigenvalue weighted by atomic mass is 10.2. The molecular weight excluding hydrogens is 308 g/mol. The maximum atomic E-state index is 13.6. The van der Waals surface area contributed by atoms with Gasteiger partial charge in [0.2, 0.25) is 0 Å². The molecule has 0 unspecified atom stereocenters. The number of amides is 1. The first kappa shape index (κ1) is 14.5. The number of hydrogen-bond donors (Lipinski definition) is 1. The summed E-state index contributed by atoms with van der Waals surface area (Å²) in [6.07, 6.45) is 0. The highest BCUT2D eigenvalue weighted by Crippen LogP contribution is 2.23. The number of carbonyl (C=O) groups is 1. The van der Waals surface area contributed by atoms with Gasteiger partial charge in [-0.1, -0.05) is 23.2 Å². The average molecular weight is 316 g/mol. The van der Waals surface area contributed by atoms with Gasteiger partial charge in [-0.2, -0.15) is 0 Å². The van der Waals surface area contributed by atoms with Gasteiger partial charge < -0.3 is 10.1 Å². The van der Waals surface area contributed by atoms with Crippen molar-refractivity contribution in [3.8, 4) is 5.75 Å². The minimum atomic E-state index is -0.654. The van der Waals surface area contributed by atoms with E-state index in [1.807, 2.05) is 0 Å². The predicted molar refractivity (Wildman–Crippen MR) is 73.0 cm³/mol. The standard InChI is InChI=1S/C12H8Cl2FN3O2/c1-20-6-2-3-8(15)9(4-6)16-12(19)7-5-10(13)17-18-11(7)14/h2-5H,1H3,(H,16,19). The van der Waals surface area contributed by atoms with Crippen LogP contribution in [0, 0.1) is 5.82 Å². The van der Waals surface area contributed by atoms with Crippen LogP contribution < -0.4 is 10.1 Å². The fourth-order valence-electron chi connectivity index (χ4n) is 1.43. The van der Waals surface area contributed by atoms with Crippen molar-refractivity contribution in [3.63, 3.8) is 0 Å². The highest BCUT2D eigenvalue weighted by atomic mass is 35.5. The smallest absolute Gasteiger partial charge is 0.259 e. The van der Waals surface area contributed by atoms with Gasteiger partial charge in [0.25, 0.3) is 5.91 Å². The van der Waals surface area contributed by atoms with Crippen LogP contribution in [0.3, 0.4) is 0 Å². The normalized spacial score (nSPS) is 10.2. The average Bonchev–Trinajstić information content (AvgIpc) is 2.43. The van der Waals surface area contributed by atoms with E-state index in [9.17, 15) is 9.18 Å². The summed E-state index contributed by atoms with van der Waals surface area (Å²) in [5, 5.41) is 9.23. The van der Waals surface area contributed by atoms with Crippen molar-refractivity contribution in [1.29, 1.82) is 0 Å². The molecule has 1 N–H and O–H groups in total. The van der Waals surface area contributed by atoms with Gasteiger partial charge in [-0.25, -0.2) is 4.39 Å². The summed E-state index contributed by atoms with van der Waals surface area (Å²) < 4.78 is 18.6. The van der Waals surface area contributed by atoms with Crippen molar-refractivity contribution in [1.82, 2.24) is 10.2 Å². The van der Waals surface area contributed by atoms with Crippen LogP contribution in [-0.4, -0.2) is 23.2 Å². The number of rotatable bonds is 3. The zero-order chi connectivity index (χ0) is 14.7. The molecule has 1 aromatic carbocycles. The van der Waals surface area contributed by atoms with Crippen LogP contribution in [-0.2, 0) is 0 Å². The van der Waals surface area contributed by atoms with Gasteiger partial charge in [0.05, 0.1) is 18.4 Å².